The number of amides is 1. The first-order valence-corrected chi connectivity index (χ1v) is 8.14. The Labute approximate surface area is 149 Å². The van der Waals surface area contributed by atoms with E-state index in [9.17, 15) is 9.59 Å². The number of aromatic nitrogens is 2. The summed E-state index contributed by atoms with van der Waals surface area (Å²) in [6.45, 7) is 0. The van der Waals surface area contributed by atoms with Crippen LogP contribution in [0.2, 0.25) is 0 Å². The highest BCUT2D eigenvalue weighted by Crippen LogP contribution is 2.23. The number of carbonyl (C=O) groups is 2. The average Bonchev–Trinajstić information content (AvgIpc) is 3.12. The standard InChI is InChI=1S/C21H15N3O2/c25-14-16-6-4-5-9-18(16)15-10-11-20-23-19(13-24(20)12-15)21(26)22-17-7-2-1-3-8-17/h1-14H,(H,22,26). The van der Waals surface area contributed by atoms with Crippen molar-refractivity contribution in [1.29, 1.82) is 0 Å². The second kappa shape index (κ2) is 6.64. The highest BCUT2D eigenvalue weighted by Gasteiger charge is 2.12. The molecule has 2 heterocycles. The van der Waals surface area contributed by atoms with Gasteiger partial charge in [0.05, 0.1) is 0 Å². The van der Waals surface area contributed by atoms with Crippen molar-refractivity contribution in [2.45, 2.75) is 0 Å². The highest BCUT2D eigenvalue weighted by atomic mass is 16.1. The highest BCUT2D eigenvalue weighted by molar-refractivity contribution is 6.03. The first kappa shape index (κ1) is 15.8. The molecule has 5 heteroatoms. The Balaban J connectivity index is 1.68. The monoisotopic (exact) mass is 341 g/mol. The molecular formula is C21H15N3O2. The van der Waals surface area contributed by atoms with E-state index < -0.39 is 0 Å². The molecule has 4 aromatic rings. The third-order valence-electron chi connectivity index (χ3n) is 4.11. The normalized spacial score (nSPS) is 10.6. The number of nitrogens with zero attached hydrogens (tertiary/aromatic N) is 2. The van der Waals surface area contributed by atoms with Crippen LogP contribution in [0.1, 0.15) is 20.8 Å². The van der Waals surface area contributed by atoms with Gasteiger partial charge in [-0.05, 0) is 35.4 Å². The molecule has 0 spiro atoms. The largest absolute Gasteiger partial charge is 0.321 e. The zero-order valence-corrected chi connectivity index (χ0v) is 13.8. The Morgan fingerprint density at radius 1 is 0.923 bits per heavy atom. The summed E-state index contributed by atoms with van der Waals surface area (Å²) in [5, 5.41) is 2.82. The summed E-state index contributed by atoms with van der Waals surface area (Å²) in [5.74, 6) is -0.269. The fourth-order valence-corrected chi connectivity index (χ4v) is 2.84. The maximum Gasteiger partial charge on any atom is 0.275 e. The van der Waals surface area contributed by atoms with Gasteiger partial charge in [-0.1, -0.05) is 42.5 Å². The number of rotatable bonds is 4. The van der Waals surface area contributed by atoms with Gasteiger partial charge in [0.15, 0.2) is 6.29 Å². The predicted molar refractivity (Wildman–Crippen MR) is 100 cm³/mol. The molecule has 0 saturated heterocycles. The zero-order chi connectivity index (χ0) is 17.9. The van der Waals surface area contributed by atoms with Gasteiger partial charge in [0, 0.05) is 23.6 Å². The molecule has 0 saturated carbocycles. The molecule has 26 heavy (non-hydrogen) atoms. The van der Waals surface area contributed by atoms with Gasteiger partial charge in [-0.25, -0.2) is 4.98 Å². The van der Waals surface area contributed by atoms with Crippen LogP contribution in [0, 0.1) is 0 Å². The number of pyridine rings is 1. The minimum Gasteiger partial charge on any atom is -0.321 e. The van der Waals surface area contributed by atoms with E-state index in [2.05, 4.69) is 10.3 Å². The summed E-state index contributed by atoms with van der Waals surface area (Å²) in [6.07, 6.45) is 4.39. The molecule has 0 unspecified atom stereocenters. The fraction of sp³-hybridized carbons (Fsp3) is 0. The first-order valence-electron chi connectivity index (χ1n) is 8.14. The molecule has 4 rings (SSSR count). The van der Waals surface area contributed by atoms with E-state index >= 15 is 0 Å². The minimum atomic E-state index is -0.269. The van der Waals surface area contributed by atoms with Crippen LogP contribution in [-0.2, 0) is 0 Å². The molecule has 0 aliphatic rings. The van der Waals surface area contributed by atoms with Crippen LogP contribution >= 0.6 is 0 Å². The van der Waals surface area contributed by atoms with Crippen LogP contribution in [0.4, 0.5) is 5.69 Å². The van der Waals surface area contributed by atoms with Gasteiger partial charge >= 0.3 is 0 Å². The number of nitrogens with one attached hydrogen (secondary N) is 1. The van der Waals surface area contributed by atoms with E-state index in [0.717, 1.165) is 23.1 Å². The van der Waals surface area contributed by atoms with Crippen molar-refractivity contribution < 1.29 is 9.59 Å². The average molecular weight is 341 g/mol. The molecule has 0 atom stereocenters. The number of fused-ring (bicyclic) bond motifs is 1. The van der Waals surface area contributed by atoms with E-state index in [1.54, 1.807) is 16.7 Å². The second-order valence-electron chi connectivity index (χ2n) is 5.83. The van der Waals surface area contributed by atoms with Crippen molar-refractivity contribution in [3.8, 4) is 11.1 Å². The van der Waals surface area contributed by atoms with Crippen molar-refractivity contribution in [3.63, 3.8) is 0 Å². The van der Waals surface area contributed by atoms with E-state index in [1.807, 2.05) is 66.9 Å². The van der Waals surface area contributed by atoms with Gasteiger partial charge in [0.1, 0.15) is 11.3 Å². The van der Waals surface area contributed by atoms with E-state index in [-0.39, 0.29) is 5.91 Å². The number of hydrogen-bond donors (Lipinski definition) is 1. The Morgan fingerprint density at radius 3 is 2.50 bits per heavy atom. The smallest absolute Gasteiger partial charge is 0.275 e. The molecular weight excluding hydrogens is 326 g/mol. The number of benzene rings is 2. The minimum absolute atomic E-state index is 0.269. The third-order valence-corrected chi connectivity index (χ3v) is 4.11. The van der Waals surface area contributed by atoms with E-state index in [4.69, 9.17) is 0 Å². The molecule has 2 aromatic heterocycles. The molecule has 0 radical (unpaired) electrons. The van der Waals surface area contributed by atoms with Gasteiger partial charge in [0.2, 0.25) is 0 Å². The maximum atomic E-state index is 12.4. The lowest BCUT2D eigenvalue weighted by molar-refractivity contribution is 0.102. The van der Waals surface area contributed by atoms with Gasteiger partial charge in [-0.2, -0.15) is 0 Å². The molecule has 0 fully saturated rings. The summed E-state index contributed by atoms with van der Waals surface area (Å²) in [5.41, 5.74) is 4.05. The van der Waals surface area contributed by atoms with Crippen LogP contribution in [0.3, 0.4) is 0 Å². The van der Waals surface area contributed by atoms with Gasteiger partial charge in [-0.3, -0.25) is 9.59 Å². The van der Waals surface area contributed by atoms with Crippen molar-refractivity contribution in [1.82, 2.24) is 9.38 Å². The van der Waals surface area contributed by atoms with Crippen molar-refractivity contribution in [3.05, 3.63) is 90.4 Å². The van der Waals surface area contributed by atoms with E-state index in [1.165, 1.54) is 0 Å². The number of para-hydroxylation sites is 1. The molecule has 2 aromatic carbocycles. The van der Waals surface area contributed by atoms with Crippen LogP contribution < -0.4 is 5.32 Å². The summed E-state index contributed by atoms with van der Waals surface area (Å²) in [7, 11) is 0. The predicted octanol–water partition coefficient (Wildman–Crippen LogP) is 4.07. The Bertz CT molecular complexity index is 1100. The summed E-state index contributed by atoms with van der Waals surface area (Å²) >= 11 is 0. The van der Waals surface area contributed by atoms with Crippen LogP contribution in [0.15, 0.2) is 79.1 Å². The zero-order valence-electron chi connectivity index (χ0n) is 13.8. The number of imidazole rings is 1. The maximum absolute atomic E-state index is 12.4. The molecule has 0 bridgehead atoms. The Hall–Kier alpha value is -3.73. The number of carbonyl (C=O) groups excluding carboxylic acids is 2. The number of anilines is 1. The molecule has 126 valence electrons. The molecule has 1 N–H and O–H groups in total. The second-order valence-corrected chi connectivity index (χ2v) is 5.83. The lowest BCUT2D eigenvalue weighted by Gasteiger charge is -2.05. The van der Waals surface area contributed by atoms with Crippen LogP contribution in [0.25, 0.3) is 16.8 Å². The van der Waals surface area contributed by atoms with Gasteiger partial charge in [0.25, 0.3) is 5.91 Å². The fourth-order valence-electron chi connectivity index (χ4n) is 2.84. The van der Waals surface area contributed by atoms with Crippen molar-refractivity contribution in [2.75, 3.05) is 5.32 Å². The van der Waals surface area contributed by atoms with Crippen molar-refractivity contribution >= 4 is 23.5 Å². The quantitative estimate of drug-likeness (QED) is 0.569. The molecule has 5 nitrogen and oxygen atoms in total. The van der Waals surface area contributed by atoms with E-state index in [0.29, 0.717) is 16.9 Å². The number of hydrogen-bond acceptors (Lipinski definition) is 3. The van der Waals surface area contributed by atoms with Gasteiger partial charge in [-0.15, -0.1) is 0 Å². The van der Waals surface area contributed by atoms with Gasteiger partial charge < -0.3 is 9.72 Å². The van der Waals surface area contributed by atoms with Crippen LogP contribution in [-0.4, -0.2) is 21.6 Å². The summed E-state index contributed by atoms with van der Waals surface area (Å²) in [6, 6.07) is 20.4. The van der Waals surface area contributed by atoms with Crippen LogP contribution in [0.5, 0.6) is 0 Å². The SMILES string of the molecule is O=Cc1ccccc1-c1ccc2nc(C(=O)Nc3ccccc3)cn2c1. The molecule has 1 amide bonds. The first-order chi connectivity index (χ1) is 12.7. The molecule has 0 aliphatic carbocycles. The topological polar surface area (TPSA) is 63.5 Å². The summed E-state index contributed by atoms with van der Waals surface area (Å²) < 4.78 is 1.79. The Kier molecular flexibility index (Phi) is 4.03. The molecule has 0 aliphatic heterocycles. The van der Waals surface area contributed by atoms with Crippen molar-refractivity contribution in [2.24, 2.45) is 0 Å². The third kappa shape index (κ3) is 2.98. The lowest BCUT2D eigenvalue weighted by atomic mass is 10.0. The Morgan fingerprint density at radius 2 is 1.69 bits per heavy atom. The number of aldehydes is 1. The summed E-state index contributed by atoms with van der Waals surface area (Å²) in [4.78, 5) is 28.0. The lowest BCUT2D eigenvalue weighted by Crippen LogP contribution is -2.11.